The molecule has 0 bridgehead atoms. The Morgan fingerprint density at radius 3 is 2.46 bits per heavy atom. The third kappa shape index (κ3) is 7.46. The summed E-state index contributed by atoms with van der Waals surface area (Å²) < 4.78 is 56.5. The molecule has 2 heterocycles. The van der Waals surface area contributed by atoms with Crippen LogP contribution >= 0.6 is 11.3 Å². The van der Waals surface area contributed by atoms with E-state index in [-0.39, 0.29) is 42.4 Å². The summed E-state index contributed by atoms with van der Waals surface area (Å²) in [4.78, 5) is 12.9. The molecule has 0 saturated carbocycles. The number of nitrogens with zero attached hydrogens (tertiary/aromatic N) is 2. The highest BCUT2D eigenvalue weighted by Gasteiger charge is 2.34. The van der Waals surface area contributed by atoms with Crippen LogP contribution in [0.15, 0.2) is 33.0 Å². The molecule has 0 atom stereocenters. The van der Waals surface area contributed by atoms with Gasteiger partial charge in [-0.05, 0) is 57.4 Å². The van der Waals surface area contributed by atoms with E-state index in [0.29, 0.717) is 42.3 Å². The Hall–Kier alpha value is -2.77. The fourth-order valence-corrected chi connectivity index (χ4v) is 6.97. The number of carbonyl (C=O) groups is 1. The molecule has 0 saturated heterocycles. The second kappa shape index (κ2) is 14.0. The number of ether oxygens (including phenoxy) is 4. The summed E-state index contributed by atoms with van der Waals surface area (Å²) in [5, 5.41) is 4.03. The fourth-order valence-electron chi connectivity index (χ4n) is 3.87. The van der Waals surface area contributed by atoms with Gasteiger partial charge in [0.25, 0.3) is 10.0 Å². The van der Waals surface area contributed by atoms with Crippen LogP contribution in [0.4, 0.5) is 5.82 Å². The van der Waals surface area contributed by atoms with E-state index in [1.807, 2.05) is 38.1 Å². The maximum absolute atomic E-state index is 14.2. The highest BCUT2D eigenvalue weighted by Crippen LogP contribution is 2.40. The first-order valence-electron chi connectivity index (χ1n) is 12.6. The van der Waals surface area contributed by atoms with Gasteiger partial charge in [0.15, 0.2) is 5.82 Å². The van der Waals surface area contributed by atoms with Gasteiger partial charge in [0.1, 0.15) is 16.7 Å². The SMILES string of the molecule is CCOCc1cc(CC(=O)OCC)ccc1-c1cc(C)sc1S(=O)(=O)N(COCCOC)c1noc(C)c1C. The fraction of sp³-hybridized carbons (Fsp3) is 0.481. The van der Waals surface area contributed by atoms with E-state index in [4.69, 9.17) is 23.5 Å². The highest BCUT2D eigenvalue weighted by molar-refractivity contribution is 7.95. The lowest BCUT2D eigenvalue weighted by molar-refractivity contribution is -0.142. The molecule has 0 aliphatic carbocycles. The topological polar surface area (TPSA) is 117 Å². The number of rotatable bonds is 15. The molecular formula is C27H36N2O8S2. The Morgan fingerprint density at radius 2 is 1.82 bits per heavy atom. The van der Waals surface area contributed by atoms with Crippen LogP contribution in [-0.4, -0.2) is 59.8 Å². The quantitative estimate of drug-likeness (QED) is 0.142. The number of aromatic nitrogens is 1. The first-order chi connectivity index (χ1) is 18.6. The second-order valence-corrected chi connectivity index (χ2v) is 12.1. The Labute approximate surface area is 233 Å². The average molecular weight is 581 g/mol. The number of hydrogen-bond acceptors (Lipinski definition) is 10. The van der Waals surface area contributed by atoms with Gasteiger partial charge in [0.05, 0.1) is 32.8 Å². The summed E-state index contributed by atoms with van der Waals surface area (Å²) in [5.41, 5.74) is 3.36. The number of aryl methyl sites for hydroxylation is 2. The number of esters is 1. The zero-order valence-corrected chi connectivity index (χ0v) is 24.9. The van der Waals surface area contributed by atoms with Crippen LogP contribution in [0.5, 0.6) is 0 Å². The molecule has 0 aliphatic rings. The molecule has 3 aromatic rings. The van der Waals surface area contributed by atoms with E-state index in [1.54, 1.807) is 27.9 Å². The molecule has 12 heteroatoms. The predicted octanol–water partition coefficient (Wildman–Crippen LogP) is 4.79. The third-order valence-corrected chi connectivity index (χ3v) is 9.20. The predicted molar refractivity (Wildman–Crippen MR) is 148 cm³/mol. The molecule has 0 amide bonds. The average Bonchev–Trinajstić information content (AvgIpc) is 3.45. The molecule has 0 unspecified atom stereocenters. The number of carbonyl (C=O) groups excluding carboxylic acids is 1. The normalized spacial score (nSPS) is 11.6. The monoisotopic (exact) mass is 580 g/mol. The number of sulfonamides is 1. The molecule has 2 aromatic heterocycles. The minimum absolute atomic E-state index is 0.110. The molecular weight excluding hydrogens is 544 g/mol. The number of anilines is 1. The van der Waals surface area contributed by atoms with Crippen LogP contribution in [0.1, 0.15) is 41.2 Å². The van der Waals surface area contributed by atoms with Gasteiger partial charge in [0, 0.05) is 29.7 Å². The van der Waals surface area contributed by atoms with Gasteiger partial charge in [0.2, 0.25) is 0 Å². The van der Waals surface area contributed by atoms with E-state index in [1.165, 1.54) is 11.3 Å². The molecule has 0 fully saturated rings. The van der Waals surface area contributed by atoms with Crippen LogP contribution < -0.4 is 4.31 Å². The third-order valence-electron chi connectivity index (χ3n) is 5.93. The summed E-state index contributed by atoms with van der Waals surface area (Å²) in [6.45, 7) is 10.3. The van der Waals surface area contributed by atoms with Crippen LogP contribution in [0.25, 0.3) is 11.1 Å². The first kappa shape index (κ1) is 30.8. The smallest absolute Gasteiger partial charge is 0.310 e. The number of thiophene rings is 1. The van der Waals surface area contributed by atoms with Gasteiger partial charge in [-0.25, -0.2) is 12.7 Å². The summed E-state index contributed by atoms with van der Waals surface area (Å²) >= 11 is 1.17. The van der Waals surface area contributed by atoms with E-state index < -0.39 is 10.0 Å². The molecule has 39 heavy (non-hydrogen) atoms. The molecule has 0 N–H and O–H groups in total. The van der Waals surface area contributed by atoms with Crippen molar-refractivity contribution in [3.63, 3.8) is 0 Å². The summed E-state index contributed by atoms with van der Waals surface area (Å²) in [6, 6.07) is 7.34. The van der Waals surface area contributed by atoms with Crippen molar-refractivity contribution in [1.29, 1.82) is 0 Å². The van der Waals surface area contributed by atoms with Crippen molar-refractivity contribution in [3.8, 4) is 11.1 Å². The Morgan fingerprint density at radius 1 is 1.05 bits per heavy atom. The van der Waals surface area contributed by atoms with E-state index >= 15 is 0 Å². The van der Waals surface area contributed by atoms with Crippen LogP contribution in [0, 0.1) is 20.8 Å². The molecule has 0 aliphatic heterocycles. The lowest BCUT2D eigenvalue weighted by Gasteiger charge is -2.22. The van der Waals surface area contributed by atoms with Crippen LogP contribution in [0.3, 0.4) is 0 Å². The van der Waals surface area contributed by atoms with Crippen molar-refractivity contribution in [3.05, 3.63) is 51.6 Å². The Kier molecular flexibility index (Phi) is 11.1. The standard InChI is InChI=1S/C27H36N2O8S2/c1-7-34-16-22-14-21(15-25(30)36-8-2)9-10-23(22)24-13-18(3)38-27(24)39(31,32)29(17-35-12-11-33-6)26-19(4)20(5)37-28-26/h9-10,13-14H,7-8,11-12,15-17H2,1-6H3. The molecule has 0 spiro atoms. The van der Waals surface area contributed by atoms with Crippen molar-refractivity contribution in [2.45, 2.75) is 51.9 Å². The summed E-state index contributed by atoms with van der Waals surface area (Å²) in [7, 11) is -2.59. The maximum atomic E-state index is 14.2. The Bertz CT molecular complexity index is 1360. The Balaban J connectivity index is 2.10. The number of hydrogen-bond donors (Lipinski definition) is 0. The van der Waals surface area contributed by atoms with Crippen molar-refractivity contribution in [2.75, 3.05) is 44.6 Å². The van der Waals surface area contributed by atoms with Gasteiger partial charge in [-0.3, -0.25) is 4.79 Å². The second-order valence-electron chi connectivity index (χ2n) is 8.74. The van der Waals surface area contributed by atoms with Crippen molar-refractivity contribution in [2.24, 2.45) is 0 Å². The van der Waals surface area contributed by atoms with Gasteiger partial charge in [-0.15, -0.1) is 11.3 Å². The van der Waals surface area contributed by atoms with Crippen molar-refractivity contribution >= 4 is 33.1 Å². The van der Waals surface area contributed by atoms with Gasteiger partial charge in [-0.2, -0.15) is 0 Å². The first-order valence-corrected chi connectivity index (χ1v) is 14.9. The minimum atomic E-state index is -4.13. The molecule has 10 nitrogen and oxygen atoms in total. The zero-order valence-electron chi connectivity index (χ0n) is 23.2. The lowest BCUT2D eigenvalue weighted by atomic mass is 9.98. The number of benzene rings is 1. The van der Waals surface area contributed by atoms with Crippen molar-refractivity contribution in [1.82, 2.24) is 5.16 Å². The van der Waals surface area contributed by atoms with Crippen LogP contribution in [-0.2, 0) is 46.8 Å². The zero-order chi connectivity index (χ0) is 28.6. The van der Waals surface area contributed by atoms with Gasteiger partial charge >= 0.3 is 5.97 Å². The summed E-state index contributed by atoms with van der Waals surface area (Å²) in [6.07, 6.45) is 0.110. The van der Waals surface area contributed by atoms with Gasteiger partial charge in [-0.1, -0.05) is 23.4 Å². The van der Waals surface area contributed by atoms with Crippen molar-refractivity contribution < 1.29 is 36.7 Å². The lowest BCUT2D eigenvalue weighted by Crippen LogP contribution is -2.34. The van der Waals surface area contributed by atoms with Gasteiger partial charge < -0.3 is 23.5 Å². The van der Waals surface area contributed by atoms with E-state index in [9.17, 15) is 13.2 Å². The molecule has 3 rings (SSSR count). The maximum Gasteiger partial charge on any atom is 0.310 e. The largest absolute Gasteiger partial charge is 0.466 e. The minimum Gasteiger partial charge on any atom is -0.466 e. The molecule has 214 valence electrons. The summed E-state index contributed by atoms with van der Waals surface area (Å²) in [5.74, 6) is 0.353. The molecule has 0 radical (unpaired) electrons. The number of methoxy groups -OCH3 is 1. The highest BCUT2D eigenvalue weighted by atomic mass is 32.2. The molecule has 1 aromatic carbocycles. The van der Waals surface area contributed by atoms with E-state index in [0.717, 1.165) is 20.3 Å². The van der Waals surface area contributed by atoms with E-state index in [2.05, 4.69) is 5.16 Å². The van der Waals surface area contributed by atoms with Crippen LogP contribution in [0.2, 0.25) is 0 Å².